The second-order valence-corrected chi connectivity index (χ2v) is 6.65. The summed E-state index contributed by atoms with van der Waals surface area (Å²) < 4.78 is 0. The summed E-state index contributed by atoms with van der Waals surface area (Å²) in [7, 11) is 0. The lowest BCUT2D eigenvalue weighted by molar-refractivity contribution is -0.123. The van der Waals surface area contributed by atoms with Gasteiger partial charge in [0.1, 0.15) is 6.04 Å². The fourth-order valence-corrected chi connectivity index (χ4v) is 2.69. The molecule has 0 aliphatic heterocycles. The third-order valence-electron chi connectivity index (χ3n) is 4.22. The van der Waals surface area contributed by atoms with Crippen LogP contribution in [0.4, 0.5) is 10.5 Å². The number of para-hydroxylation sites is 1. The van der Waals surface area contributed by atoms with Gasteiger partial charge in [-0.2, -0.15) is 0 Å². The van der Waals surface area contributed by atoms with Crippen molar-refractivity contribution in [1.82, 2.24) is 10.6 Å². The Morgan fingerprint density at radius 2 is 1.62 bits per heavy atom. The highest BCUT2D eigenvalue weighted by Gasteiger charge is 2.23. The van der Waals surface area contributed by atoms with Crippen LogP contribution in [-0.4, -0.2) is 24.5 Å². The van der Waals surface area contributed by atoms with Crippen LogP contribution in [0.5, 0.6) is 0 Å². The van der Waals surface area contributed by atoms with Gasteiger partial charge in [-0.15, -0.1) is 0 Å². The van der Waals surface area contributed by atoms with Crippen LogP contribution in [0.2, 0.25) is 0 Å². The first kappa shape index (κ1) is 19.5. The van der Waals surface area contributed by atoms with Crippen molar-refractivity contribution < 1.29 is 9.59 Å². The molecule has 0 aromatic heterocycles. The van der Waals surface area contributed by atoms with Gasteiger partial charge in [-0.25, -0.2) is 4.79 Å². The molecular formula is C21H27N3O2. The van der Waals surface area contributed by atoms with E-state index >= 15 is 0 Å². The van der Waals surface area contributed by atoms with Gasteiger partial charge in [-0.1, -0.05) is 56.3 Å². The second kappa shape index (κ2) is 9.61. The van der Waals surface area contributed by atoms with Gasteiger partial charge in [0.25, 0.3) is 0 Å². The molecule has 2 aromatic carbocycles. The number of amides is 3. The Morgan fingerprint density at radius 1 is 0.962 bits per heavy atom. The van der Waals surface area contributed by atoms with E-state index in [-0.39, 0.29) is 17.9 Å². The van der Waals surface area contributed by atoms with Crippen molar-refractivity contribution in [3.63, 3.8) is 0 Å². The van der Waals surface area contributed by atoms with Gasteiger partial charge in [0.2, 0.25) is 5.91 Å². The maximum atomic E-state index is 12.5. The Labute approximate surface area is 155 Å². The minimum atomic E-state index is -0.587. The summed E-state index contributed by atoms with van der Waals surface area (Å²) in [5.41, 5.74) is 3.11. The molecule has 0 fully saturated rings. The summed E-state index contributed by atoms with van der Waals surface area (Å²) in [6.07, 6.45) is 0.763. The maximum absolute atomic E-state index is 12.5. The van der Waals surface area contributed by atoms with Gasteiger partial charge >= 0.3 is 6.03 Å². The first-order valence-corrected chi connectivity index (χ1v) is 8.92. The molecule has 26 heavy (non-hydrogen) atoms. The average Bonchev–Trinajstić information content (AvgIpc) is 2.62. The highest BCUT2D eigenvalue weighted by atomic mass is 16.2. The van der Waals surface area contributed by atoms with Gasteiger partial charge < -0.3 is 16.0 Å². The minimum Gasteiger partial charge on any atom is -0.354 e. The molecule has 0 saturated carbocycles. The smallest absolute Gasteiger partial charge is 0.319 e. The molecule has 0 unspecified atom stereocenters. The van der Waals surface area contributed by atoms with Crippen molar-refractivity contribution in [2.45, 2.75) is 33.2 Å². The van der Waals surface area contributed by atoms with Crippen LogP contribution in [0.1, 0.15) is 25.0 Å². The van der Waals surface area contributed by atoms with E-state index in [0.717, 1.165) is 6.42 Å². The Hall–Kier alpha value is -2.82. The molecule has 0 aliphatic carbocycles. The van der Waals surface area contributed by atoms with E-state index in [2.05, 4.69) is 35.0 Å². The van der Waals surface area contributed by atoms with Crippen LogP contribution in [0.25, 0.3) is 0 Å². The van der Waals surface area contributed by atoms with Crippen LogP contribution in [0, 0.1) is 12.8 Å². The molecule has 0 radical (unpaired) electrons. The van der Waals surface area contributed by atoms with E-state index in [1.54, 1.807) is 12.1 Å². The third kappa shape index (κ3) is 5.92. The van der Waals surface area contributed by atoms with Crippen LogP contribution in [0.15, 0.2) is 54.6 Å². The van der Waals surface area contributed by atoms with Crippen LogP contribution >= 0.6 is 0 Å². The number of hydrogen-bond acceptors (Lipinski definition) is 2. The number of carbonyl (C=O) groups excluding carboxylic acids is 2. The largest absolute Gasteiger partial charge is 0.354 e. The molecule has 5 heteroatoms. The SMILES string of the molecule is Cc1ccccc1CCNC(=O)[C@H](NC(=O)Nc1ccccc1)C(C)C. The first-order valence-electron chi connectivity index (χ1n) is 8.92. The number of benzene rings is 2. The monoisotopic (exact) mass is 353 g/mol. The molecule has 0 heterocycles. The summed E-state index contributed by atoms with van der Waals surface area (Å²) in [6.45, 7) is 6.42. The lowest BCUT2D eigenvalue weighted by Gasteiger charge is -2.22. The van der Waals surface area contributed by atoms with Gasteiger partial charge in [-0.05, 0) is 42.5 Å². The van der Waals surface area contributed by atoms with Gasteiger partial charge in [-0.3, -0.25) is 4.79 Å². The number of anilines is 1. The number of rotatable bonds is 7. The zero-order valence-electron chi connectivity index (χ0n) is 15.6. The van der Waals surface area contributed by atoms with Gasteiger partial charge in [0.05, 0.1) is 0 Å². The van der Waals surface area contributed by atoms with E-state index in [1.807, 2.05) is 44.2 Å². The zero-order chi connectivity index (χ0) is 18.9. The molecule has 3 N–H and O–H groups in total. The van der Waals surface area contributed by atoms with Crippen molar-refractivity contribution in [1.29, 1.82) is 0 Å². The van der Waals surface area contributed by atoms with Crippen molar-refractivity contribution in [2.24, 2.45) is 5.92 Å². The summed E-state index contributed by atoms with van der Waals surface area (Å²) in [5, 5.41) is 8.43. The molecule has 1 atom stereocenters. The highest BCUT2D eigenvalue weighted by molar-refractivity contribution is 5.93. The van der Waals surface area contributed by atoms with E-state index in [1.165, 1.54) is 11.1 Å². The molecule has 5 nitrogen and oxygen atoms in total. The summed E-state index contributed by atoms with van der Waals surface area (Å²) in [4.78, 5) is 24.7. The van der Waals surface area contributed by atoms with Crippen LogP contribution in [0.3, 0.4) is 0 Å². The second-order valence-electron chi connectivity index (χ2n) is 6.65. The summed E-state index contributed by atoms with van der Waals surface area (Å²) in [5.74, 6) is -0.188. The first-order chi connectivity index (χ1) is 12.5. The van der Waals surface area contributed by atoms with Crippen molar-refractivity contribution in [3.8, 4) is 0 Å². The predicted octanol–water partition coefficient (Wildman–Crippen LogP) is 3.50. The fraction of sp³-hybridized carbons (Fsp3) is 0.333. The lowest BCUT2D eigenvalue weighted by atomic mass is 10.0. The molecule has 0 saturated heterocycles. The number of aryl methyl sites for hydroxylation is 1. The van der Waals surface area contributed by atoms with E-state index < -0.39 is 6.04 Å². The number of carbonyl (C=O) groups is 2. The van der Waals surface area contributed by atoms with E-state index in [0.29, 0.717) is 12.2 Å². The highest BCUT2D eigenvalue weighted by Crippen LogP contribution is 2.08. The molecule has 3 amide bonds. The van der Waals surface area contributed by atoms with E-state index in [9.17, 15) is 9.59 Å². The molecule has 0 bridgehead atoms. The van der Waals surface area contributed by atoms with E-state index in [4.69, 9.17) is 0 Å². The Kier molecular flexibility index (Phi) is 7.21. The summed E-state index contributed by atoms with van der Waals surface area (Å²) >= 11 is 0. The topological polar surface area (TPSA) is 70.2 Å². The predicted molar refractivity (Wildman–Crippen MR) is 105 cm³/mol. The van der Waals surface area contributed by atoms with Crippen LogP contribution < -0.4 is 16.0 Å². The summed E-state index contributed by atoms with van der Waals surface area (Å²) in [6, 6.07) is 16.3. The molecule has 2 rings (SSSR count). The van der Waals surface area contributed by atoms with Crippen LogP contribution in [-0.2, 0) is 11.2 Å². The number of urea groups is 1. The fourth-order valence-electron chi connectivity index (χ4n) is 2.69. The molecule has 0 spiro atoms. The average molecular weight is 353 g/mol. The molecular weight excluding hydrogens is 326 g/mol. The van der Waals surface area contributed by atoms with Crippen molar-refractivity contribution in [2.75, 3.05) is 11.9 Å². The Morgan fingerprint density at radius 3 is 2.27 bits per heavy atom. The quantitative estimate of drug-likeness (QED) is 0.713. The molecule has 138 valence electrons. The molecule has 2 aromatic rings. The minimum absolute atomic E-state index is 0.0185. The third-order valence-corrected chi connectivity index (χ3v) is 4.22. The normalized spacial score (nSPS) is 11.7. The molecule has 0 aliphatic rings. The maximum Gasteiger partial charge on any atom is 0.319 e. The standard InChI is InChI=1S/C21H27N3O2/c1-15(2)19(24-21(26)23-18-11-5-4-6-12-18)20(25)22-14-13-17-10-8-7-9-16(17)3/h4-12,15,19H,13-14H2,1-3H3,(H,22,25)(H2,23,24,26)/t19-/m1/s1. The van der Waals surface area contributed by atoms with Gasteiger partial charge in [0, 0.05) is 12.2 Å². The Balaban J connectivity index is 1.86. The number of nitrogens with one attached hydrogen (secondary N) is 3. The zero-order valence-corrected chi connectivity index (χ0v) is 15.6. The van der Waals surface area contributed by atoms with Crippen molar-refractivity contribution >= 4 is 17.6 Å². The van der Waals surface area contributed by atoms with Gasteiger partial charge in [0.15, 0.2) is 0 Å². The lowest BCUT2D eigenvalue weighted by Crippen LogP contribution is -2.51. The van der Waals surface area contributed by atoms with Crippen molar-refractivity contribution in [3.05, 3.63) is 65.7 Å². The number of hydrogen-bond donors (Lipinski definition) is 3. The Bertz CT molecular complexity index is 729.